The molecule has 9 heteroatoms. The van der Waals surface area contributed by atoms with E-state index in [1.807, 2.05) is 0 Å². The lowest BCUT2D eigenvalue weighted by atomic mass is 10.1. The smallest absolute Gasteiger partial charge is 0.345 e. The van der Waals surface area contributed by atoms with Crippen molar-refractivity contribution in [1.29, 1.82) is 0 Å². The molecule has 0 amide bonds. The summed E-state index contributed by atoms with van der Waals surface area (Å²) in [5.74, 6) is -0.705. The van der Waals surface area contributed by atoms with E-state index in [0.717, 1.165) is 0 Å². The number of rotatable bonds is 6. The predicted octanol–water partition coefficient (Wildman–Crippen LogP) is 0.516. The Morgan fingerprint density at radius 3 is 2.67 bits per heavy atom. The monoisotopic (exact) mass is 313 g/mol. The molecule has 2 rings (SSSR count). The molecule has 0 radical (unpaired) electrons. The van der Waals surface area contributed by atoms with Crippen LogP contribution >= 0.6 is 7.60 Å². The topological polar surface area (TPSA) is 139 Å². The number of carbonyl (C=O) groups is 1. The minimum absolute atomic E-state index is 0.139. The van der Waals surface area contributed by atoms with Gasteiger partial charge in [0, 0.05) is 6.42 Å². The van der Waals surface area contributed by atoms with Crippen LogP contribution in [0, 0.1) is 0 Å². The van der Waals surface area contributed by atoms with Crippen LogP contribution in [0.25, 0.3) is 11.0 Å². The molecule has 21 heavy (non-hydrogen) atoms. The highest BCUT2D eigenvalue weighted by Gasteiger charge is 2.21. The summed E-state index contributed by atoms with van der Waals surface area (Å²) in [5.41, 5.74) is 6.64. The van der Waals surface area contributed by atoms with Crippen LogP contribution in [0.2, 0.25) is 0 Å². The highest BCUT2D eigenvalue weighted by molar-refractivity contribution is 7.50. The van der Waals surface area contributed by atoms with E-state index in [1.54, 1.807) is 24.3 Å². The number of nitrogens with two attached hydrogens (primary N) is 1. The van der Waals surface area contributed by atoms with E-state index >= 15 is 0 Å². The van der Waals surface area contributed by atoms with Crippen molar-refractivity contribution in [2.75, 3.05) is 0 Å². The summed E-state index contributed by atoms with van der Waals surface area (Å²) >= 11 is 0. The Morgan fingerprint density at radius 2 is 2.05 bits per heavy atom. The van der Waals surface area contributed by atoms with Gasteiger partial charge in [0.15, 0.2) is 0 Å². The van der Waals surface area contributed by atoms with Gasteiger partial charge >= 0.3 is 13.6 Å². The van der Waals surface area contributed by atoms with E-state index in [1.165, 1.54) is 4.57 Å². The van der Waals surface area contributed by atoms with Crippen LogP contribution in [0.1, 0.15) is 12.2 Å². The summed E-state index contributed by atoms with van der Waals surface area (Å²) in [4.78, 5) is 33.4. The minimum atomic E-state index is -4.28. The molecule has 0 aliphatic rings. The fourth-order valence-electron chi connectivity index (χ4n) is 2.07. The van der Waals surface area contributed by atoms with E-state index in [9.17, 15) is 19.1 Å². The van der Waals surface area contributed by atoms with Gasteiger partial charge in [-0.2, -0.15) is 0 Å². The van der Waals surface area contributed by atoms with Gasteiger partial charge in [0.25, 0.3) is 0 Å². The molecule has 1 aromatic carbocycles. The maximum Gasteiger partial charge on any atom is 0.345 e. The zero-order valence-electron chi connectivity index (χ0n) is 11.1. The van der Waals surface area contributed by atoms with Gasteiger partial charge in [0.2, 0.25) is 0 Å². The molecule has 1 heterocycles. The lowest BCUT2D eigenvalue weighted by Gasteiger charge is -2.11. The lowest BCUT2D eigenvalue weighted by molar-refractivity contribution is -0.138. The molecule has 114 valence electrons. The Kier molecular flexibility index (Phi) is 4.43. The Bertz CT molecular complexity index is 708. The van der Waals surface area contributed by atoms with Crippen LogP contribution in [-0.2, 0) is 22.1 Å². The Balaban J connectivity index is 2.35. The van der Waals surface area contributed by atoms with Crippen molar-refractivity contribution in [2.45, 2.75) is 25.2 Å². The molecule has 5 N–H and O–H groups in total. The van der Waals surface area contributed by atoms with Gasteiger partial charge in [0.05, 0.1) is 11.0 Å². The third kappa shape index (κ3) is 3.89. The van der Waals surface area contributed by atoms with E-state index in [0.29, 0.717) is 16.9 Å². The van der Waals surface area contributed by atoms with Crippen molar-refractivity contribution in [1.82, 2.24) is 9.55 Å². The molecule has 0 spiro atoms. The third-order valence-corrected chi connectivity index (χ3v) is 3.71. The van der Waals surface area contributed by atoms with Crippen molar-refractivity contribution < 1.29 is 24.3 Å². The summed E-state index contributed by atoms with van der Waals surface area (Å²) in [7, 11) is -4.28. The van der Waals surface area contributed by atoms with Gasteiger partial charge in [-0.25, -0.2) is 4.98 Å². The number of fused-ring (bicyclic) bond motifs is 1. The van der Waals surface area contributed by atoms with Crippen molar-refractivity contribution in [2.24, 2.45) is 5.73 Å². The number of aliphatic carboxylic acids is 1. The van der Waals surface area contributed by atoms with E-state index in [2.05, 4.69) is 4.98 Å². The van der Waals surface area contributed by atoms with E-state index in [4.69, 9.17) is 10.8 Å². The number of para-hydroxylation sites is 2. The fraction of sp³-hybridized carbons (Fsp3) is 0.333. The van der Waals surface area contributed by atoms with Gasteiger partial charge in [-0.1, -0.05) is 12.1 Å². The minimum Gasteiger partial charge on any atom is -0.480 e. The maximum absolute atomic E-state index is 11.3. The number of nitrogens with zero attached hydrogens (tertiary/aromatic N) is 2. The second-order valence-corrected chi connectivity index (χ2v) is 6.35. The first-order valence-corrected chi connectivity index (χ1v) is 8.05. The molecule has 1 aromatic heterocycles. The molecule has 0 fully saturated rings. The number of carboxylic acids is 1. The lowest BCUT2D eigenvalue weighted by Crippen LogP contribution is -2.30. The van der Waals surface area contributed by atoms with E-state index in [-0.39, 0.29) is 12.8 Å². The van der Waals surface area contributed by atoms with Gasteiger partial charge < -0.3 is 25.2 Å². The van der Waals surface area contributed by atoms with Crippen LogP contribution in [-0.4, -0.2) is 36.5 Å². The number of aromatic nitrogens is 2. The second-order valence-electron chi connectivity index (χ2n) is 4.73. The maximum atomic E-state index is 11.3. The SMILES string of the molecule is N[C@H](CCc1nc2ccccc2n1CP(=O)(O)O)C(=O)O. The van der Waals surface area contributed by atoms with Crippen molar-refractivity contribution in [3.63, 3.8) is 0 Å². The molecule has 0 saturated carbocycles. The summed E-state index contributed by atoms with van der Waals surface area (Å²) in [6.07, 6.45) is -0.132. The number of carboxylic acid groups (broad SMARTS) is 1. The molecule has 2 aromatic rings. The van der Waals surface area contributed by atoms with Crippen LogP contribution in [0.5, 0.6) is 0 Å². The van der Waals surface area contributed by atoms with Crippen molar-refractivity contribution >= 4 is 24.6 Å². The highest BCUT2D eigenvalue weighted by atomic mass is 31.2. The van der Waals surface area contributed by atoms with Gasteiger partial charge in [-0.3, -0.25) is 9.36 Å². The van der Waals surface area contributed by atoms with Crippen LogP contribution in [0.15, 0.2) is 24.3 Å². The molecule has 0 aliphatic heterocycles. The van der Waals surface area contributed by atoms with Gasteiger partial charge in [-0.15, -0.1) is 0 Å². The number of hydrogen-bond donors (Lipinski definition) is 4. The van der Waals surface area contributed by atoms with Crippen LogP contribution in [0.4, 0.5) is 0 Å². The zero-order valence-corrected chi connectivity index (χ0v) is 12.0. The molecule has 0 bridgehead atoms. The predicted molar refractivity (Wildman–Crippen MR) is 75.7 cm³/mol. The van der Waals surface area contributed by atoms with Crippen molar-refractivity contribution in [3.8, 4) is 0 Å². The van der Waals surface area contributed by atoms with Gasteiger partial charge in [-0.05, 0) is 18.6 Å². The molecule has 8 nitrogen and oxygen atoms in total. The molecular formula is C12H16N3O5P. The summed E-state index contributed by atoms with van der Waals surface area (Å²) in [6.45, 7) is 0. The number of aryl methyl sites for hydroxylation is 1. The fourth-order valence-corrected chi connectivity index (χ4v) is 2.75. The van der Waals surface area contributed by atoms with Crippen LogP contribution in [0.3, 0.4) is 0 Å². The van der Waals surface area contributed by atoms with E-state index < -0.39 is 25.9 Å². The first kappa shape index (κ1) is 15.7. The average molecular weight is 313 g/mol. The standard InChI is InChI=1S/C12H16N3O5P/c13-8(12(16)17)5-6-11-14-9-3-1-2-4-10(9)15(11)7-21(18,19)20/h1-4,8H,5-7,13H2,(H,16,17)(H2,18,19,20)/t8-/m1/s1. The normalized spacial score (nSPS) is 13.5. The quantitative estimate of drug-likeness (QED) is 0.570. The Labute approximate surface area is 120 Å². The molecular weight excluding hydrogens is 297 g/mol. The first-order chi connectivity index (χ1) is 9.78. The molecule has 1 atom stereocenters. The number of hydrogen-bond acceptors (Lipinski definition) is 4. The Morgan fingerprint density at radius 1 is 1.38 bits per heavy atom. The highest BCUT2D eigenvalue weighted by Crippen LogP contribution is 2.38. The summed E-state index contributed by atoms with van der Waals surface area (Å²) < 4.78 is 12.7. The first-order valence-electron chi connectivity index (χ1n) is 6.25. The Hall–Kier alpha value is -1.73. The number of imidazole rings is 1. The summed E-state index contributed by atoms with van der Waals surface area (Å²) in [5, 5.41) is 8.78. The molecule has 0 aliphatic carbocycles. The summed E-state index contributed by atoms with van der Waals surface area (Å²) in [6, 6.07) is 5.91. The molecule has 0 saturated heterocycles. The molecule has 0 unspecified atom stereocenters. The van der Waals surface area contributed by atoms with Crippen molar-refractivity contribution in [3.05, 3.63) is 30.1 Å². The second kappa shape index (κ2) is 5.95. The number of benzene rings is 1. The average Bonchev–Trinajstić information content (AvgIpc) is 2.72. The zero-order chi connectivity index (χ0) is 15.6. The van der Waals surface area contributed by atoms with Gasteiger partial charge in [0.1, 0.15) is 18.2 Å². The third-order valence-electron chi connectivity index (χ3n) is 3.06. The van der Waals surface area contributed by atoms with Crippen LogP contribution < -0.4 is 5.73 Å². The largest absolute Gasteiger partial charge is 0.480 e.